The van der Waals surface area contributed by atoms with E-state index in [4.69, 9.17) is 9.47 Å². The van der Waals surface area contributed by atoms with E-state index in [1.165, 1.54) is 13.2 Å². The Hall–Kier alpha value is -2.97. The molecule has 0 radical (unpaired) electrons. The largest absolute Gasteiger partial charge is 0.493 e. The molecule has 1 aliphatic rings. The van der Waals surface area contributed by atoms with Crippen LogP contribution in [0.3, 0.4) is 0 Å². The van der Waals surface area contributed by atoms with E-state index < -0.39 is 11.7 Å². The van der Waals surface area contributed by atoms with Crippen LogP contribution in [0.25, 0.3) is 0 Å². The van der Waals surface area contributed by atoms with Crippen molar-refractivity contribution in [1.29, 1.82) is 0 Å². The molecule has 156 valence electrons. The highest BCUT2D eigenvalue weighted by Gasteiger charge is 2.31. The maximum absolute atomic E-state index is 12.7. The van der Waals surface area contributed by atoms with Crippen molar-refractivity contribution in [2.75, 3.05) is 32.2 Å². The first-order valence-corrected chi connectivity index (χ1v) is 9.08. The lowest BCUT2D eigenvalue weighted by molar-refractivity contribution is -0.137. The standard InChI is InChI=1S/C20H22F3N3O3/c1-28-16-5-3-13(9-17(16)29-2)10-19(27)25-15-7-8-26(12-15)18-6-4-14(11-24-18)20(21,22)23/h3-6,9,11,15H,7-8,10,12H2,1-2H3,(H,25,27)/t15-/m1/s1. The third kappa shape index (κ3) is 5.10. The number of hydrogen-bond donors (Lipinski definition) is 1. The minimum Gasteiger partial charge on any atom is -0.493 e. The minimum absolute atomic E-state index is 0.0910. The topological polar surface area (TPSA) is 63.7 Å². The van der Waals surface area contributed by atoms with Crippen LogP contribution < -0.4 is 19.7 Å². The lowest BCUT2D eigenvalue weighted by Gasteiger charge is -2.18. The first-order valence-electron chi connectivity index (χ1n) is 9.08. The van der Waals surface area contributed by atoms with Crippen LogP contribution in [0.1, 0.15) is 17.5 Å². The van der Waals surface area contributed by atoms with Crippen LogP contribution in [0.15, 0.2) is 36.5 Å². The number of anilines is 1. The van der Waals surface area contributed by atoms with E-state index in [-0.39, 0.29) is 18.4 Å². The molecule has 6 nitrogen and oxygen atoms in total. The monoisotopic (exact) mass is 409 g/mol. The first-order chi connectivity index (χ1) is 13.8. The SMILES string of the molecule is COc1ccc(CC(=O)N[C@@H]2CCN(c3ccc(C(F)(F)F)cn3)C2)cc1OC. The number of methoxy groups -OCH3 is 2. The summed E-state index contributed by atoms with van der Waals surface area (Å²) in [7, 11) is 3.08. The van der Waals surface area contributed by atoms with Crippen molar-refractivity contribution in [3.8, 4) is 11.5 Å². The third-order valence-electron chi connectivity index (χ3n) is 4.77. The fourth-order valence-corrected chi connectivity index (χ4v) is 3.28. The number of amides is 1. The normalized spacial score (nSPS) is 16.6. The first kappa shape index (κ1) is 20.8. The lowest BCUT2D eigenvalue weighted by Crippen LogP contribution is -2.38. The van der Waals surface area contributed by atoms with Crippen molar-refractivity contribution >= 4 is 11.7 Å². The maximum atomic E-state index is 12.7. The molecule has 1 aliphatic heterocycles. The second-order valence-electron chi connectivity index (χ2n) is 6.77. The van der Waals surface area contributed by atoms with Crippen molar-refractivity contribution in [2.24, 2.45) is 0 Å². The quantitative estimate of drug-likeness (QED) is 0.795. The Balaban J connectivity index is 1.55. The van der Waals surface area contributed by atoms with Gasteiger partial charge in [-0.05, 0) is 36.2 Å². The second-order valence-corrected chi connectivity index (χ2v) is 6.77. The molecule has 2 heterocycles. The molecule has 9 heteroatoms. The van der Waals surface area contributed by atoms with Gasteiger partial charge in [-0.3, -0.25) is 4.79 Å². The molecule has 1 amide bonds. The average molecular weight is 409 g/mol. The molecule has 1 fully saturated rings. The molecule has 0 unspecified atom stereocenters. The molecular formula is C20H22F3N3O3. The number of nitrogens with zero attached hydrogens (tertiary/aromatic N) is 2. The summed E-state index contributed by atoms with van der Waals surface area (Å²) in [5.41, 5.74) is 0.0135. The number of benzene rings is 1. The van der Waals surface area contributed by atoms with E-state index in [2.05, 4.69) is 10.3 Å². The summed E-state index contributed by atoms with van der Waals surface area (Å²) in [6.07, 6.45) is -2.69. The number of ether oxygens (including phenoxy) is 2. The fourth-order valence-electron chi connectivity index (χ4n) is 3.28. The van der Waals surface area contributed by atoms with Crippen molar-refractivity contribution in [3.05, 3.63) is 47.7 Å². The molecule has 29 heavy (non-hydrogen) atoms. The summed E-state index contributed by atoms with van der Waals surface area (Å²) in [5.74, 6) is 1.48. The van der Waals surface area contributed by atoms with E-state index in [1.54, 1.807) is 25.3 Å². The van der Waals surface area contributed by atoms with Gasteiger partial charge < -0.3 is 19.7 Å². The molecule has 3 rings (SSSR count). The smallest absolute Gasteiger partial charge is 0.417 e. The molecule has 0 saturated carbocycles. The Bertz CT molecular complexity index is 856. The summed E-state index contributed by atoms with van der Waals surface area (Å²) < 4.78 is 48.4. The Morgan fingerprint density at radius 2 is 1.97 bits per heavy atom. The Labute approximate surface area is 166 Å². The van der Waals surface area contributed by atoms with Crippen LogP contribution in [0.4, 0.5) is 19.0 Å². The number of alkyl halides is 3. The van der Waals surface area contributed by atoms with Crippen molar-refractivity contribution < 1.29 is 27.4 Å². The number of aromatic nitrogens is 1. The summed E-state index contributed by atoms with van der Waals surface area (Å²) in [5, 5.41) is 2.97. The molecular weight excluding hydrogens is 387 g/mol. The number of halogens is 3. The minimum atomic E-state index is -4.41. The fraction of sp³-hybridized carbons (Fsp3) is 0.400. The van der Waals surface area contributed by atoms with E-state index >= 15 is 0 Å². The van der Waals surface area contributed by atoms with Crippen LogP contribution in [-0.4, -0.2) is 44.2 Å². The molecule has 0 spiro atoms. The van der Waals surface area contributed by atoms with E-state index in [9.17, 15) is 18.0 Å². The molecule has 1 N–H and O–H groups in total. The Kier molecular flexibility index (Phi) is 6.14. The molecule has 0 bridgehead atoms. The van der Waals surface area contributed by atoms with Gasteiger partial charge in [0.05, 0.1) is 26.2 Å². The Morgan fingerprint density at radius 3 is 2.59 bits per heavy atom. The molecule has 1 aromatic heterocycles. The maximum Gasteiger partial charge on any atom is 0.417 e. The lowest BCUT2D eigenvalue weighted by atomic mass is 10.1. The zero-order valence-electron chi connectivity index (χ0n) is 16.1. The molecule has 2 aromatic rings. The summed E-state index contributed by atoms with van der Waals surface area (Å²) in [6.45, 7) is 1.11. The van der Waals surface area contributed by atoms with Gasteiger partial charge in [-0.1, -0.05) is 6.07 Å². The number of pyridine rings is 1. The van der Waals surface area contributed by atoms with Gasteiger partial charge in [0.2, 0.25) is 5.91 Å². The molecule has 1 atom stereocenters. The average Bonchev–Trinajstić information content (AvgIpc) is 3.15. The van der Waals surface area contributed by atoms with Crippen molar-refractivity contribution in [2.45, 2.75) is 25.1 Å². The van der Waals surface area contributed by atoms with Crippen LogP contribution in [-0.2, 0) is 17.4 Å². The number of hydrogen-bond acceptors (Lipinski definition) is 5. The van der Waals surface area contributed by atoms with Gasteiger partial charge in [0.15, 0.2) is 11.5 Å². The van der Waals surface area contributed by atoms with Gasteiger partial charge in [0, 0.05) is 25.3 Å². The second kappa shape index (κ2) is 8.59. The van der Waals surface area contributed by atoms with Crippen molar-refractivity contribution in [3.63, 3.8) is 0 Å². The highest BCUT2D eigenvalue weighted by molar-refractivity contribution is 5.79. The van der Waals surface area contributed by atoms with Gasteiger partial charge in [-0.2, -0.15) is 13.2 Å². The third-order valence-corrected chi connectivity index (χ3v) is 4.77. The predicted molar refractivity (Wildman–Crippen MR) is 101 cm³/mol. The number of carbonyl (C=O) groups is 1. The number of carbonyl (C=O) groups excluding carboxylic acids is 1. The van der Waals surface area contributed by atoms with E-state index in [0.29, 0.717) is 36.8 Å². The summed E-state index contributed by atoms with van der Waals surface area (Å²) >= 11 is 0. The number of nitrogens with one attached hydrogen (secondary N) is 1. The van der Waals surface area contributed by atoms with Crippen molar-refractivity contribution in [1.82, 2.24) is 10.3 Å². The zero-order valence-corrected chi connectivity index (χ0v) is 16.1. The van der Waals surface area contributed by atoms with Gasteiger partial charge >= 0.3 is 6.18 Å². The van der Waals surface area contributed by atoms with Crippen LogP contribution in [0, 0.1) is 0 Å². The summed E-state index contributed by atoms with van der Waals surface area (Å²) in [4.78, 5) is 18.2. The zero-order chi connectivity index (χ0) is 21.0. The highest BCUT2D eigenvalue weighted by Crippen LogP contribution is 2.30. The Morgan fingerprint density at radius 1 is 1.21 bits per heavy atom. The molecule has 1 aromatic carbocycles. The van der Waals surface area contributed by atoms with Gasteiger partial charge in [0.25, 0.3) is 0 Å². The predicted octanol–water partition coefficient (Wildman–Crippen LogP) is 3.06. The van der Waals surface area contributed by atoms with Gasteiger partial charge in [-0.25, -0.2) is 4.98 Å². The summed E-state index contributed by atoms with van der Waals surface area (Å²) in [6, 6.07) is 7.59. The van der Waals surface area contributed by atoms with Gasteiger partial charge in [-0.15, -0.1) is 0 Å². The van der Waals surface area contributed by atoms with Crippen LogP contribution >= 0.6 is 0 Å². The molecule has 1 saturated heterocycles. The van der Waals surface area contributed by atoms with E-state index in [1.807, 2.05) is 4.90 Å². The number of rotatable bonds is 6. The molecule has 0 aliphatic carbocycles. The van der Waals surface area contributed by atoms with Crippen LogP contribution in [0.5, 0.6) is 11.5 Å². The van der Waals surface area contributed by atoms with E-state index in [0.717, 1.165) is 17.8 Å². The van der Waals surface area contributed by atoms with Gasteiger partial charge in [0.1, 0.15) is 5.82 Å². The highest BCUT2D eigenvalue weighted by atomic mass is 19.4. The van der Waals surface area contributed by atoms with Crippen LogP contribution in [0.2, 0.25) is 0 Å².